The van der Waals surface area contributed by atoms with Crippen LogP contribution in [0.2, 0.25) is 5.02 Å². The van der Waals surface area contributed by atoms with E-state index < -0.39 is 0 Å². The summed E-state index contributed by atoms with van der Waals surface area (Å²) in [5.74, 6) is 0.444. The third-order valence-electron chi connectivity index (χ3n) is 2.59. The zero-order valence-electron chi connectivity index (χ0n) is 9.44. The molecule has 0 N–H and O–H groups in total. The number of benzene rings is 1. The van der Waals surface area contributed by atoms with Crippen molar-refractivity contribution >= 4 is 11.6 Å². The molecule has 0 saturated carbocycles. The van der Waals surface area contributed by atoms with Crippen molar-refractivity contribution in [1.82, 2.24) is 4.98 Å². The molecule has 2 aromatic rings. The van der Waals surface area contributed by atoms with Gasteiger partial charge in [0.25, 0.3) is 0 Å². The molecule has 2 heteroatoms. The van der Waals surface area contributed by atoms with Crippen LogP contribution in [0.25, 0.3) is 11.3 Å². The van der Waals surface area contributed by atoms with Gasteiger partial charge in [0, 0.05) is 16.8 Å². The first-order valence-corrected chi connectivity index (χ1v) is 5.77. The first kappa shape index (κ1) is 11.2. The number of nitrogens with zero attached hydrogens (tertiary/aromatic N) is 1. The van der Waals surface area contributed by atoms with Crippen molar-refractivity contribution in [2.45, 2.75) is 19.8 Å². The summed E-state index contributed by atoms with van der Waals surface area (Å²) in [5.41, 5.74) is 3.23. The number of aromatic nitrogens is 1. The normalized spacial score (nSPS) is 10.8. The van der Waals surface area contributed by atoms with Gasteiger partial charge in [-0.15, -0.1) is 0 Å². The molecule has 0 saturated heterocycles. The third kappa shape index (κ3) is 2.10. The molecule has 0 fully saturated rings. The summed E-state index contributed by atoms with van der Waals surface area (Å²) in [6.45, 7) is 4.33. The molecule has 2 rings (SSSR count). The third-order valence-corrected chi connectivity index (χ3v) is 2.92. The SMILES string of the molecule is CC(C)c1cccnc1-c1ccccc1Cl. The van der Waals surface area contributed by atoms with Crippen molar-refractivity contribution in [3.05, 3.63) is 53.2 Å². The van der Waals surface area contributed by atoms with Crippen LogP contribution in [0.5, 0.6) is 0 Å². The van der Waals surface area contributed by atoms with Gasteiger partial charge in [0.15, 0.2) is 0 Å². The molecular weight excluding hydrogens is 218 g/mol. The Labute approximate surface area is 101 Å². The minimum Gasteiger partial charge on any atom is -0.256 e. The Bertz CT molecular complexity index is 492. The molecule has 0 atom stereocenters. The highest BCUT2D eigenvalue weighted by Gasteiger charge is 2.11. The number of hydrogen-bond acceptors (Lipinski definition) is 1. The van der Waals surface area contributed by atoms with Crippen molar-refractivity contribution in [3.63, 3.8) is 0 Å². The summed E-state index contributed by atoms with van der Waals surface area (Å²) in [7, 11) is 0. The number of rotatable bonds is 2. The van der Waals surface area contributed by atoms with Crippen molar-refractivity contribution in [1.29, 1.82) is 0 Å². The fourth-order valence-electron chi connectivity index (χ4n) is 1.76. The average Bonchev–Trinajstić information content (AvgIpc) is 2.29. The number of pyridine rings is 1. The first-order valence-electron chi connectivity index (χ1n) is 5.40. The Morgan fingerprint density at radius 3 is 2.50 bits per heavy atom. The highest BCUT2D eigenvalue weighted by Crippen LogP contribution is 2.31. The van der Waals surface area contributed by atoms with Crippen molar-refractivity contribution in [2.24, 2.45) is 0 Å². The molecule has 0 aliphatic carbocycles. The number of halogens is 1. The van der Waals surface area contributed by atoms with Gasteiger partial charge < -0.3 is 0 Å². The van der Waals surface area contributed by atoms with Crippen LogP contribution >= 0.6 is 11.6 Å². The molecule has 0 radical (unpaired) electrons. The lowest BCUT2D eigenvalue weighted by atomic mass is 9.97. The van der Waals surface area contributed by atoms with E-state index in [-0.39, 0.29) is 0 Å². The van der Waals surface area contributed by atoms with Crippen LogP contribution < -0.4 is 0 Å². The lowest BCUT2D eigenvalue weighted by Crippen LogP contribution is -1.95. The largest absolute Gasteiger partial charge is 0.256 e. The highest BCUT2D eigenvalue weighted by molar-refractivity contribution is 6.33. The van der Waals surface area contributed by atoms with Crippen molar-refractivity contribution < 1.29 is 0 Å². The van der Waals surface area contributed by atoms with Crippen LogP contribution in [0, 0.1) is 0 Å². The minimum absolute atomic E-state index is 0.444. The Morgan fingerprint density at radius 2 is 1.81 bits per heavy atom. The molecule has 0 aliphatic heterocycles. The predicted octanol–water partition coefficient (Wildman–Crippen LogP) is 4.53. The van der Waals surface area contributed by atoms with E-state index in [0.29, 0.717) is 5.92 Å². The molecule has 16 heavy (non-hydrogen) atoms. The van der Waals surface area contributed by atoms with Crippen molar-refractivity contribution in [2.75, 3.05) is 0 Å². The Kier molecular flexibility index (Phi) is 3.25. The molecule has 0 bridgehead atoms. The highest BCUT2D eigenvalue weighted by atomic mass is 35.5. The van der Waals surface area contributed by atoms with Gasteiger partial charge >= 0.3 is 0 Å². The van der Waals surface area contributed by atoms with Crippen molar-refractivity contribution in [3.8, 4) is 11.3 Å². The molecule has 82 valence electrons. The topological polar surface area (TPSA) is 12.9 Å². The average molecular weight is 232 g/mol. The Balaban J connectivity index is 2.60. The Morgan fingerprint density at radius 1 is 1.06 bits per heavy atom. The molecular formula is C14H14ClN. The maximum atomic E-state index is 6.20. The smallest absolute Gasteiger partial charge is 0.0751 e. The van der Waals surface area contributed by atoms with Crippen LogP contribution in [0.4, 0.5) is 0 Å². The summed E-state index contributed by atoms with van der Waals surface area (Å²) in [6.07, 6.45) is 1.81. The molecule has 0 aliphatic rings. The van der Waals surface area contributed by atoms with Crippen LogP contribution in [-0.4, -0.2) is 4.98 Å². The van der Waals surface area contributed by atoms with Gasteiger partial charge in [-0.2, -0.15) is 0 Å². The van der Waals surface area contributed by atoms with Gasteiger partial charge in [-0.25, -0.2) is 0 Å². The zero-order chi connectivity index (χ0) is 11.5. The molecule has 1 nitrogen and oxygen atoms in total. The van der Waals surface area contributed by atoms with Gasteiger partial charge in [-0.05, 0) is 23.6 Å². The maximum Gasteiger partial charge on any atom is 0.0751 e. The molecule has 0 unspecified atom stereocenters. The predicted molar refractivity (Wildman–Crippen MR) is 68.8 cm³/mol. The second-order valence-electron chi connectivity index (χ2n) is 4.08. The van der Waals surface area contributed by atoms with E-state index in [1.165, 1.54) is 5.56 Å². The Hall–Kier alpha value is -1.34. The van der Waals surface area contributed by atoms with E-state index in [1.807, 2.05) is 36.5 Å². The monoisotopic (exact) mass is 231 g/mol. The van der Waals surface area contributed by atoms with E-state index in [1.54, 1.807) is 0 Å². The summed E-state index contributed by atoms with van der Waals surface area (Å²) >= 11 is 6.20. The van der Waals surface area contributed by atoms with E-state index in [4.69, 9.17) is 11.6 Å². The summed E-state index contributed by atoms with van der Waals surface area (Å²) in [5, 5.41) is 0.753. The lowest BCUT2D eigenvalue weighted by molar-refractivity contribution is 0.861. The molecule has 0 spiro atoms. The fourth-order valence-corrected chi connectivity index (χ4v) is 1.99. The van der Waals surface area contributed by atoms with Gasteiger partial charge in [-0.3, -0.25) is 4.98 Å². The summed E-state index contributed by atoms with van der Waals surface area (Å²) in [6, 6.07) is 11.9. The standard InChI is InChI=1S/C14H14ClN/c1-10(2)11-7-5-9-16-14(11)12-6-3-4-8-13(12)15/h3-10H,1-2H3. The van der Waals surface area contributed by atoms with Crippen LogP contribution in [0.3, 0.4) is 0 Å². The molecule has 1 aromatic carbocycles. The fraction of sp³-hybridized carbons (Fsp3) is 0.214. The summed E-state index contributed by atoms with van der Waals surface area (Å²) in [4.78, 5) is 4.45. The van der Waals surface area contributed by atoms with Gasteiger partial charge in [0.2, 0.25) is 0 Å². The van der Waals surface area contributed by atoms with E-state index in [2.05, 4.69) is 24.9 Å². The molecule has 1 aromatic heterocycles. The molecule has 1 heterocycles. The van der Waals surface area contributed by atoms with E-state index in [9.17, 15) is 0 Å². The zero-order valence-corrected chi connectivity index (χ0v) is 10.2. The number of hydrogen-bond donors (Lipinski definition) is 0. The van der Waals surface area contributed by atoms with Gasteiger partial charge in [-0.1, -0.05) is 49.7 Å². The second kappa shape index (κ2) is 4.67. The van der Waals surface area contributed by atoms with Crippen LogP contribution in [-0.2, 0) is 0 Å². The van der Waals surface area contributed by atoms with E-state index in [0.717, 1.165) is 16.3 Å². The first-order chi connectivity index (χ1) is 7.70. The van der Waals surface area contributed by atoms with Crippen LogP contribution in [0.1, 0.15) is 25.3 Å². The van der Waals surface area contributed by atoms with E-state index >= 15 is 0 Å². The lowest BCUT2D eigenvalue weighted by Gasteiger charge is -2.12. The minimum atomic E-state index is 0.444. The second-order valence-corrected chi connectivity index (χ2v) is 4.48. The quantitative estimate of drug-likeness (QED) is 0.740. The summed E-state index contributed by atoms with van der Waals surface area (Å²) < 4.78 is 0. The van der Waals surface area contributed by atoms with Crippen LogP contribution in [0.15, 0.2) is 42.6 Å². The maximum absolute atomic E-state index is 6.20. The van der Waals surface area contributed by atoms with Gasteiger partial charge in [0.1, 0.15) is 0 Å². The van der Waals surface area contributed by atoms with Gasteiger partial charge in [0.05, 0.1) is 5.69 Å². The molecule has 0 amide bonds.